The monoisotopic (exact) mass is 744 g/mol. The second kappa shape index (κ2) is 14.1. The van der Waals surface area contributed by atoms with Crippen molar-refractivity contribution in [1.82, 2.24) is 0 Å². The minimum Gasteiger partial charge on any atom is -0.246 e. The minimum atomic E-state index is 0. The van der Waals surface area contributed by atoms with Crippen molar-refractivity contribution in [3.05, 3.63) is 175 Å². The number of aliphatic imine (C=N–C) groups is 2. The Kier molecular flexibility index (Phi) is 9.96. The number of rotatable bonds is 6. The van der Waals surface area contributed by atoms with E-state index in [9.17, 15) is 0 Å². The molecule has 6 aromatic carbocycles. The molecule has 0 aliphatic heterocycles. The molecule has 2 unspecified atom stereocenters. The maximum Gasteiger partial charge on any atom is 0.0978 e. The summed E-state index contributed by atoms with van der Waals surface area (Å²) in [6, 6.07) is 37.7. The van der Waals surface area contributed by atoms with Crippen LogP contribution in [0.15, 0.2) is 113 Å². The first kappa shape index (κ1) is 35.4. The number of hydrogen-bond donors (Lipinski definition) is 0. The standard InChI is InChI=1S/C47H46N2.Pd/c1-27-20-21-42(40(26-27)35(9)44-32(6)24-29(3)25-33(44)7)49-47-39-18-13-15-36-14-12-17-38(45(36)39)46(47)48-41-19-11-10-16-37(41)34(8)43-30(4)22-28(2)23-31(43)5;/h10-26,34-35H,1-9H3;. The molecule has 3 heteroatoms. The van der Waals surface area contributed by atoms with Crippen molar-refractivity contribution in [3.8, 4) is 0 Å². The van der Waals surface area contributed by atoms with Crippen molar-refractivity contribution in [3.63, 3.8) is 0 Å². The number of para-hydroxylation sites is 1. The summed E-state index contributed by atoms with van der Waals surface area (Å²) in [6.45, 7) is 20.1. The summed E-state index contributed by atoms with van der Waals surface area (Å²) >= 11 is 0. The van der Waals surface area contributed by atoms with E-state index in [1.54, 1.807) is 0 Å². The molecular weight excluding hydrogens is 699 g/mol. The first-order valence-electron chi connectivity index (χ1n) is 17.6. The molecule has 0 fully saturated rings. The van der Waals surface area contributed by atoms with E-state index in [1.165, 1.54) is 72.0 Å². The number of nitrogens with zero attached hydrogens (tertiary/aromatic N) is 2. The zero-order valence-electron chi connectivity index (χ0n) is 30.7. The van der Waals surface area contributed by atoms with Gasteiger partial charge in [0.2, 0.25) is 0 Å². The van der Waals surface area contributed by atoms with Gasteiger partial charge in [0.1, 0.15) is 0 Å². The molecule has 0 saturated heterocycles. The fourth-order valence-electron chi connectivity index (χ4n) is 8.60. The van der Waals surface area contributed by atoms with Gasteiger partial charge in [-0.05, 0) is 110 Å². The summed E-state index contributed by atoms with van der Waals surface area (Å²) in [4.78, 5) is 11.2. The summed E-state index contributed by atoms with van der Waals surface area (Å²) < 4.78 is 0. The van der Waals surface area contributed by atoms with E-state index in [2.05, 4.69) is 165 Å². The Hall–Kier alpha value is -4.42. The van der Waals surface area contributed by atoms with E-state index in [-0.39, 0.29) is 32.3 Å². The molecule has 0 bridgehead atoms. The topological polar surface area (TPSA) is 24.7 Å². The quantitative estimate of drug-likeness (QED) is 0.152. The van der Waals surface area contributed by atoms with Crippen molar-refractivity contribution in [2.45, 2.75) is 74.1 Å². The Morgan fingerprint density at radius 2 is 0.900 bits per heavy atom. The number of aryl methyl sites for hydroxylation is 7. The van der Waals surface area contributed by atoms with Gasteiger partial charge in [-0.2, -0.15) is 0 Å². The Bertz CT molecular complexity index is 2290. The second-order valence-corrected chi connectivity index (χ2v) is 14.3. The van der Waals surface area contributed by atoms with Crippen LogP contribution in [0.3, 0.4) is 0 Å². The first-order chi connectivity index (χ1) is 23.5. The molecule has 0 radical (unpaired) electrons. The van der Waals surface area contributed by atoms with Gasteiger partial charge in [-0.25, -0.2) is 9.98 Å². The zero-order valence-corrected chi connectivity index (χ0v) is 32.2. The predicted octanol–water partition coefficient (Wildman–Crippen LogP) is 12.6. The molecule has 0 aromatic heterocycles. The molecule has 0 N–H and O–H groups in total. The molecule has 50 heavy (non-hydrogen) atoms. The molecular formula is C47H46N2Pd. The maximum atomic E-state index is 5.60. The molecule has 0 heterocycles. The van der Waals surface area contributed by atoms with Crippen LogP contribution in [0, 0.1) is 48.5 Å². The normalized spacial score (nSPS) is 15.1. The van der Waals surface area contributed by atoms with Crippen LogP contribution < -0.4 is 0 Å². The second-order valence-electron chi connectivity index (χ2n) is 14.3. The van der Waals surface area contributed by atoms with Crippen LogP contribution in [0.25, 0.3) is 10.8 Å². The van der Waals surface area contributed by atoms with Crippen molar-refractivity contribution in [1.29, 1.82) is 0 Å². The van der Waals surface area contributed by atoms with Crippen LogP contribution in [0.1, 0.15) is 98.0 Å². The SMILES string of the molecule is Cc1cc(C)c(C(C)c2ccccc2N=C2C(=Nc3ccc(C)cc3C(C)c3c(C)cc(C)cc3C)c3cccc4cccc2c34)c(C)c1.[Pd]. The summed E-state index contributed by atoms with van der Waals surface area (Å²) in [6.07, 6.45) is 0. The fourth-order valence-corrected chi connectivity index (χ4v) is 8.60. The van der Waals surface area contributed by atoms with E-state index >= 15 is 0 Å². The summed E-state index contributed by atoms with van der Waals surface area (Å²) in [5.41, 5.74) is 20.5. The van der Waals surface area contributed by atoms with Crippen molar-refractivity contribution in [2.75, 3.05) is 0 Å². The number of hydrogen-bond acceptors (Lipinski definition) is 2. The predicted molar refractivity (Wildman–Crippen MR) is 210 cm³/mol. The number of benzene rings is 6. The van der Waals surface area contributed by atoms with Crippen molar-refractivity contribution in [2.24, 2.45) is 9.98 Å². The smallest absolute Gasteiger partial charge is 0.0978 e. The van der Waals surface area contributed by atoms with Gasteiger partial charge in [0, 0.05) is 48.8 Å². The van der Waals surface area contributed by atoms with Crippen LogP contribution in [0.2, 0.25) is 0 Å². The van der Waals surface area contributed by atoms with E-state index < -0.39 is 0 Å². The van der Waals surface area contributed by atoms with Crippen molar-refractivity contribution < 1.29 is 20.4 Å². The van der Waals surface area contributed by atoms with Gasteiger partial charge in [-0.15, -0.1) is 0 Å². The molecule has 0 amide bonds. The van der Waals surface area contributed by atoms with E-state index in [4.69, 9.17) is 9.98 Å². The molecule has 0 saturated carbocycles. The van der Waals surface area contributed by atoms with E-state index in [1.807, 2.05) is 0 Å². The largest absolute Gasteiger partial charge is 0.246 e. The van der Waals surface area contributed by atoms with Gasteiger partial charge in [-0.3, -0.25) is 0 Å². The Balaban J connectivity index is 0.00000432. The summed E-state index contributed by atoms with van der Waals surface area (Å²) in [7, 11) is 0. The molecule has 0 spiro atoms. The average molecular weight is 745 g/mol. The maximum absolute atomic E-state index is 5.60. The zero-order chi connectivity index (χ0) is 34.6. The Morgan fingerprint density at radius 3 is 1.42 bits per heavy atom. The summed E-state index contributed by atoms with van der Waals surface area (Å²) in [5, 5.41) is 2.44. The van der Waals surface area contributed by atoms with Gasteiger partial charge in [0.15, 0.2) is 0 Å². The van der Waals surface area contributed by atoms with Crippen LogP contribution in [0.5, 0.6) is 0 Å². The van der Waals surface area contributed by atoms with Gasteiger partial charge < -0.3 is 0 Å². The molecule has 1 aliphatic rings. The third-order valence-corrected chi connectivity index (χ3v) is 10.5. The third-order valence-electron chi connectivity index (χ3n) is 10.5. The van der Waals surface area contributed by atoms with E-state index in [0.29, 0.717) is 0 Å². The summed E-state index contributed by atoms with van der Waals surface area (Å²) in [5.74, 6) is 0.369. The van der Waals surface area contributed by atoms with Gasteiger partial charge in [0.25, 0.3) is 0 Å². The van der Waals surface area contributed by atoms with Crippen LogP contribution >= 0.6 is 0 Å². The molecule has 1 aliphatic carbocycles. The van der Waals surface area contributed by atoms with Crippen LogP contribution in [-0.2, 0) is 20.4 Å². The molecule has 7 rings (SSSR count). The van der Waals surface area contributed by atoms with Crippen molar-refractivity contribution >= 4 is 33.6 Å². The Labute approximate surface area is 312 Å². The molecule has 254 valence electrons. The van der Waals surface area contributed by atoms with Gasteiger partial charge in [0.05, 0.1) is 22.8 Å². The van der Waals surface area contributed by atoms with Crippen LogP contribution in [0.4, 0.5) is 11.4 Å². The third kappa shape index (κ3) is 6.35. The molecule has 2 nitrogen and oxygen atoms in total. The minimum absolute atomic E-state index is 0. The average Bonchev–Trinajstić information content (AvgIpc) is 3.34. The van der Waals surface area contributed by atoms with E-state index in [0.717, 1.165) is 33.9 Å². The van der Waals surface area contributed by atoms with Gasteiger partial charge in [-0.1, -0.05) is 122 Å². The Morgan fingerprint density at radius 1 is 0.440 bits per heavy atom. The fraction of sp³-hybridized carbons (Fsp3) is 0.234. The van der Waals surface area contributed by atoms with Gasteiger partial charge >= 0.3 is 0 Å². The first-order valence-corrected chi connectivity index (χ1v) is 17.6. The van der Waals surface area contributed by atoms with Crippen LogP contribution in [-0.4, -0.2) is 11.4 Å². The molecule has 6 aromatic rings. The molecule has 2 atom stereocenters.